The third kappa shape index (κ3) is 8.20. The van der Waals surface area contributed by atoms with Crippen LogP contribution < -0.4 is 24.7 Å². The van der Waals surface area contributed by atoms with Gasteiger partial charge in [-0.25, -0.2) is 0 Å². The van der Waals surface area contributed by atoms with Crippen LogP contribution in [0.15, 0.2) is 72.8 Å². The molecule has 5 rings (SSSR count). The van der Waals surface area contributed by atoms with Gasteiger partial charge in [-0.3, -0.25) is 4.79 Å². The molecule has 0 saturated carbocycles. The molecule has 0 aromatic heterocycles. The van der Waals surface area contributed by atoms with Crippen LogP contribution in [-0.2, 0) is 24.6 Å². The number of nitriles is 1. The number of hydrogen-bond donors (Lipinski definition) is 3. The molecule has 4 N–H and O–H groups in total. The molecule has 228 valence electrons. The predicted octanol–water partition coefficient (Wildman–Crippen LogP) is 6.03. The van der Waals surface area contributed by atoms with Crippen molar-refractivity contribution in [3.8, 4) is 40.2 Å². The van der Waals surface area contributed by atoms with Gasteiger partial charge in [0, 0.05) is 12.1 Å². The van der Waals surface area contributed by atoms with Gasteiger partial charge in [0.25, 0.3) is 0 Å². The number of carboxylic acids is 1. The molecule has 0 radical (unpaired) electrons. The van der Waals surface area contributed by atoms with Crippen LogP contribution in [0.3, 0.4) is 0 Å². The zero-order valence-corrected chi connectivity index (χ0v) is 25.0. The summed E-state index contributed by atoms with van der Waals surface area (Å²) in [6, 6.07) is 25.2. The maximum atomic E-state index is 9.44. The molecule has 0 saturated heterocycles. The van der Waals surface area contributed by atoms with Gasteiger partial charge in [-0.1, -0.05) is 54.1 Å². The summed E-state index contributed by atoms with van der Waals surface area (Å²) < 4.78 is 23.7. The molecule has 10 heteroatoms. The molecule has 0 amide bonds. The third-order valence-corrected chi connectivity index (χ3v) is 7.17. The minimum atomic E-state index is -0.961. The number of halogens is 1. The summed E-state index contributed by atoms with van der Waals surface area (Å²) in [6.07, 6.45) is -0.153. The molecule has 0 bridgehead atoms. The molecule has 1 aliphatic heterocycles. The van der Waals surface area contributed by atoms with Crippen molar-refractivity contribution in [2.24, 2.45) is 5.73 Å². The van der Waals surface area contributed by atoms with Gasteiger partial charge in [-0.15, -0.1) is 0 Å². The highest BCUT2D eigenvalue weighted by Crippen LogP contribution is 2.39. The molecule has 4 aromatic rings. The maximum Gasteiger partial charge on any atom is 0.305 e. The lowest BCUT2D eigenvalue weighted by molar-refractivity contribution is -0.137. The molecule has 0 aliphatic carbocycles. The van der Waals surface area contributed by atoms with Crippen molar-refractivity contribution < 1.29 is 34.0 Å². The molecular weight excluding hydrogens is 584 g/mol. The Balaban J connectivity index is 0.000000670. The number of ether oxygens (including phenoxy) is 4. The van der Waals surface area contributed by atoms with E-state index in [1.165, 1.54) is 0 Å². The van der Waals surface area contributed by atoms with Crippen molar-refractivity contribution in [1.82, 2.24) is 0 Å². The van der Waals surface area contributed by atoms with Gasteiger partial charge in [0.15, 0.2) is 11.5 Å². The Labute approximate surface area is 260 Å². The highest BCUT2D eigenvalue weighted by Gasteiger charge is 2.17. The molecule has 1 aliphatic rings. The molecule has 0 atom stereocenters. The van der Waals surface area contributed by atoms with Gasteiger partial charge in [-0.2, -0.15) is 5.26 Å². The predicted molar refractivity (Wildman–Crippen MR) is 166 cm³/mol. The van der Waals surface area contributed by atoms with Crippen molar-refractivity contribution in [2.45, 2.75) is 33.1 Å². The van der Waals surface area contributed by atoms with Crippen molar-refractivity contribution in [3.63, 3.8) is 0 Å². The second-order valence-electron chi connectivity index (χ2n) is 9.78. The molecule has 1 heterocycles. The average molecular weight is 617 g/mol. The number of carbonyl (C=O) groups is 1. The molecule has 0 unspecified atom stereocenters. The topological polar surface area (TPSA) is 144 Å². The monoisotopic (exact) mass is 616 g/mol. The number of hydrogen-bond acceptors (Lipinski definition) is 8. The normalized spacial score (nSPS) is 11.5. The van der Waals surface area contributed by atoms with Crippen molar-refractivity contribution in [1.29, 1.82) is 5.26 Å². The first-order chi connectivity index (χ1) is 21.3. The fraction of sp³-hybridized carbons (Fsp3) is 0.235. The Bertz CT molecular complexity index is 1650. The van der Waals surface area contributed by atoms with Crippen LogP contribution in [-0.4, -0.2) is 36.0 Å². The average Bonchev–Trinajstić information content (AvgIpc) is 3.04. The van der Waals surface area contributed by atoms with E-state index in [2.05, 4.69) is 19.1 Å². The van der Waals surface area contributed by atoms with Crippen molar-refractivity contribution in [2.75, 3.05) is 19.8 Å². The fourth-order valence-electron chi connectivity index (χ4n) is 4.51. The van der Waals surface area contributed by atoms with Crippen LogP contribution >= 0.6 is 11.6 Å². The van der Waals surface area contributed by atoms with E-state index < -0.39 is 5.97 Å². The summed E-state index contributed by atoms with van der Waals surface area (Å²) in [5.41, 5.74) is 12.4. The standard InChI is InChI=1S/C31H27ClN2O4.C3H6O3/c1-20-25(6-3-7-26(20)23-8-10-27-29(15-23)36-13-12-35-27)19-37-28-11-9-24(17-34)31(30(28)32)38-18-22-5-2-4-21(14-22)16-33;4-2-1-3(5)6/h2-11,14-15H,12-13,17-19,34H2,1H3;4H,1-2H2,(H,5,6). The molecule has 0 fully saturated rings. The Morgan fingerprint density at radius 1 is 0.977 bits per heavy atom. The molecule has 0 spiro atoms. The van der Waals surface area contributed by atoms with Gasteiger partial charge in [0.05, 0.1) is 24.7 Å². The lowest BCUT2D eigenvalue weighted by Crippen LogP contribution is -2.15. The first-order valence-electron chi connectivity index (χ1n) is 13.9. The lowest BCUT2D eigenvalue weighted by atomic mass is 9.96. The summed E-state index contributed by atoms with van der Waals surface area (Å²) in [5.74, 6) is 1.55. The summed E-state index contributed by atoms with van der Waals surface area (Å²) >= 11 is 6.73. The van der Waals surface area contributed by atoms with Crippen LogP contribution in [0, 0.1) is 18.3 Å². The largest absolute Gasteiger partial charge is 0.487 e. The Morgan fingerprint density at radius 2 is 1.75 bits per heavy atom. The van der Waals surface area contributed by atoms with Crippen LogP contribution in [0.4, 0.5) is 0 Å². The van der Waals surface area contributed by atoms with Crippen LogP contribution in [0.1, 0.15) is 34.2 Å². The van der Waals surface area contributed by atoms with E-state index in [0.717, 1.165) is 44.9 Å². The Kier molecular flexibility index (Phi) is 11.4. The smallest absolute Gasteiger partial charge is 0.305 e. The Hall–Kier alpha value is -4.75. The molecular formula is C34H33ClN2O7. The second kappa shape index (κ2) is 15.6. The van der Waals surface area contributed by atoms with E-state index in [-0.39, 0.29) is 26.2 Å². The summed E-state index contributed by atoms with van der Waals surface area (Å²) in [7, 11) is 0. The minimum absolute atomic E-state index is 0.153. The lowest BCUT2D eigenvalue weighted by Gasteiger charge is -2.20. The number of rotatable bonds is 10. The summed E-state index contributed by atoms with van der Waals surface area (Å²) in [4.78, 5) is 9.44. The molecule has 9 nitrogen and oxygen atoms in total. The number of fused-ring (bicyclic) bond motifs is 1. The first kappa shape index (κ1) is 32.2. The minimum Gasteiger partial charge on any atom is -0.487 e. The van der Waals surface area contributed by atoms with E-state index in [9.17, 15) is 4.79 Å². The maximum absolute atomic E-state index is 9.44. The van der Waals surface area contributed by atoms with Gasteiger partial charge in [-0.05, 0) is 65.1 Å². The first-order valence-corrected chi connectivity index (χ1v) is 14.3. The number of aliphatic hydroxyl groups is 1. The number of aliphatic hydroxyl groups excluding tert-OH is 1. The number of nitrogens with two attached hydrogens (primary N) is 1. The highest BCUT2D eigenvalue weighted by molar-refractivity contribution is 6.33. The van der Waals surface area contributed by atoms with Crippen LogP contribution in [0.25, 0.3) is 11.1 Å². The van der Waals surface area contributed by atoms with Crippen molar-refractivity contribution in [3.05, 3.63) is 106 Å². The van der Waals surface area contributed by atoms with Crippen molar-refractivity contribution >= 4 is 17.6 Å². The highest BCUT2D eigenvalue weighted by atomic mass is 35.5. The van der Waals surface area contributed by atoms with E-state index in [0.29, 0.717) is 41.9 Å². The number of benzene rings is 4. The zero-order chi connectivity index (χ0) is 31.5. The number of aliphatic carboxylic acids is 1. The summed E-state index contributed by atoms with van der Waals surface area (Å²) in [6.45, 7) is 3.77. The quantitative estimate of drug-likeness (QED) is 0.194. The van der Waals surface area contributed by atoms with Gasteiger partial charge in [0.2, 0.25) is 0 Å². The SMILES string of the molecule is Cc1c(COc2ccc(CN)c(OCc3cccc(C#N)c3)c2Cl)cccc1-c1ccc2c(c1)OCCO2.O=C(O)CCO. The summed E-state index contributed by atoms with van der Waals surface area (Å²) in [5, 5.41) is 25.1. The van der Waals surface area contributed by atoms with E-state index in [1.807, 2.05) is 54.6 Å². The molecule has 44 heavy (non-hydrogen) atoms. The fourth-order valence-corrected chi connectivity index (χ4v) is 4.80. The zero-order valence-electron chi connectivity index (χ0n) is 24.2. The van der Waals surface area contributed by atoms with E-state index >= 15 is 0 Å². The van der Waals surface area contributed by atoms with E-state index in [4.69, 9.17) is 51.8 Å². The molecule has 4 aromatic carbocycles. The van der Waals surface area contributed by atoms with Gasteiger partial charge < -0.3 is 34.9 Å². The second-order valence-corrected chi connectivity index (χ2v) is 10.2. The van der Waals surface area contributed by atoms with Crippen LogP contribution in [0.5, 0.6) is 23.0 Å². The number of carboxylic acid groups (broad SMARTS) is 1. The van der Waals surface area contributed by atoms with E-state index in [1.54, 1.807) is 12.1 Å². The van der Waals surface area contributed by atoms with Gasteiger partial charge in [0.1, 0.15) is 42.9 Å². The number of nitrogens with zero attached hydrogens (tertiary/aromatic N) is 1. The third-order valence-electron chi connectivity index (χ3n) is 6.81. The Morgan fingerprint density at radius 3 is 2.45 bits per heavy atom. The van der Waals surface area contributed by atoms with Crippen LogP contribution in [0.2, 0.25) is 5.02 Å². The van der Waals surface area contributed by atoms with Gasteiger partial charge >= 0.3 is 5.97 Å².